The molecule has 2 heterocycles. The van der Waals surface area contributed by atoms with Gasteiger partial charge in [-0.25, -0.2) is 4.98 Å². The molecule has 1 aliphatic rings. The molecule has 0 atom stereocenters. The van der Waals surface area contributed by atoms with E-state index in [-0.39, 0.29) is 0 Å². The summed E-state index contributed by atoms with van der Waals surface area (Å²) in [5.41, 5.74) is 5.82. The lowest BCUT2D eigenvalue weighted by atomic mass is 10.1. The molecule has 8 nitrogen and oxygen atoms in total. The maximum atomic E-state index is 5.88. The fourth-order valence-electron chi connectivity index (χ4n) is 4.87. The lowest BCUT2D eigenvalue weighted by molar-refractivity contribution is 0.00585. The smallest absolute Gasteiger partial charge is 0.119 e. The van der Waals surface area contributed by atoms with E-state index in [2.05, 4.69) is 75.4 Å². The van der Waals surface area contributed by atoms with Crippen molar-refractivity contribution in [1.29, 1.82) is 0 Å². The Labute approximate surface area is 243 Å². The molecule has 0 spiro atoms. The summed E-state index contributed by atoms with van der Waals surface area (Å²) in [5, 5.41) is 0. The normalized spacial score (nSPS) is 13.8. The summed E-state index contributed by atoms with van der Waals surface area (Å²) in [6.07, 6.45) is 5.56. The number of rotatable bonds is 15. The molecule has 0 radical (unpaired) electrons. The van der Waals surface area contributed by atoms with Crippen molar-refractivity contribution in [2.75, 3.05) is 64.7 Å². The van der Waals surface area contributed by atoms with Gasteiger partial charge in [0, 0.05) is 56.5 Å². The van der Waals surface area contributed by atoms with Gasteiger partial charge in [0.2, 0.25) is 0 Å². The number of methoxy groups -OCH3 is 1. The third kappa shape index (κ3) is 8.90. The minimum atomic E-state index is 0.568. The van der Waals surface area contributed by atoms with Gasteiger partial charge in [-0.05, 0) is 53.1 Å². The van der Waals surface area contributed by atoms with Crippen LogP contribution in [0.5, 0.6) is 5.75 Å². The number of imidazole rings is 1. The molecule has 0 bridgehead atoms. The number of nitrogens with zero attached hydrogens (tertiary/aromatic N) is 4. The molecule has 216 valence electrons. The van der Waals surface area contributed by atoms with Crippen LogP contribution in [0.2, 0.25) is 0 Å². The summed E-state index contributed by atoms with van der Waals surface area (Å²) in [7, 11) is 1.71. The fraction of sp³-hybridized carbons (Fsp3) is 0.364. The molecule has 0 aliphatic carbocycles. The van der Waals surface area contributed by atoms with Crippen molar-refractivity contribution in [2.45, 2.75) is 19.7 Å². The Balaban J connectivity index is 1.15. The van der Waals surface area contributed by atoms with E-state index in [1.807, 2.05) is 29.2 Å². The second-order valence-corrected chi connectivity index (χ2v) is 10.1. The molecule has 1 fully saturated rings. The zero-order chi connectivity index (χ0) is 28.1. The molecule has 3 aromatic carbocycles. The summed E-state index contributed by atoms with van der Waals surface area (Å²) in [4.78, 5) is 8.91. The third-order valence-corrected chi connectivity index (χ3v) is 7.22. The number of morpholine rings is 1. The van der Waals surface area contributed by atoms with Gasteiger partial charge in [-0.3, -0.25) is 4.90 Å². The summed E-state index contributed by atoms with van der Waals surface area (Å²) in [5.74, 6) is 0.865. The van der Waals surface area contributed by atoms with Crippen molar-refractivity contribution >= 4 is 5.69 Å². The van der Waals surface area contributed by atoms with Gasteiger partial charge in [0.25, 0.3) is 0 Å². The third-order valence-electron chi connectivity index (χ3n) is 7.22. The van der Waals surface area contributed by atoms with Crippen LogP contribution < -0.4 is 9.64 Å². The number of hydrogen-bond donors (Lipinski definition) is 0. The first-order chi connectivity index (χ1) is 20.3. The Hall–Kier alpha value is -3.69. The summed E-state index contributed by atoms with van der Waals surface area (Å²) in [6, 6.07) is 25.5. The average molecular weight is 557 g/mol. The molecule has 0 saturated carbocycles. The average Bonchev–Trinajstić information content (AvgIpc) is 3.57. The molecule has 5 rings (SSSR count). The Morgan fingerprint density at radius 3 is 2.34 bits per heavy atom. The highest BCUT2D eigenvalue weighted by Gasteiger charge is 2.11. The van der Waals surface area contributed by atoms with Crippen molar-refractivity contribution in [3.05, 3.63) is 108 Å². The Kier molecular flexibility index (Phi) is 10.8. The number of anilines is 1. The van der Waals surface area contributed by atoms with Crippen molar-refractivity contribution < 1.29 is 18.9 Å². The number of benzene rings is 3. The van der Waals surface area contributed by atoms with Gasteiger partial charge in [-0.15, -0.1) is 0 Å². The second-order valence-electron chi connectivity index (χ2n) is 10.1. The highest BCUT2D eigenvalue weighted by molar-refractivity contribution is 5.49. The molecule has 1 aromatic heterocycles. The van der Waals surface area contributed by atoms with Crippen LogP contribution in [-0.2, 0) is 33.9 Å². The topological polar surface area (TPSA) is 61.2 Å². The highest BCUT2D eigenvalue weighted by atomic mass is 16.5. The first-order valence-electron chi connectivity index (χ1n) is 14.3. The SMILES string of the molecule is COc1cccc(CN(Cc2ccc(-n3ccnc3)cc2)c2ccc(COCCOCCN3CCOCC3)cc2)c1. The monoisotopic (exact) mass is 556 g/mol. The predicted octanol–water partition coefficient (Wildman–Crippen LogP) is 4.95. The maximum absolute atomic E-state index is 5.88. The summed E-state index contributed by atoms with van der Waals surface area (Å²) < 4.78 is 24.5. The predicted molar refractivity (Wildman–Crippen MR) is 161 cm³/mol. The van der Waals surface area contributed by atoms with Gasteiger partial charge >= 0.3 is 0 Å². The minimum Gasteiger partial charge on any atom is -0.497 e. The molecule has 1 aliphatic heterocycles. The lowest BCUT2D eigenvalue weighted by Crippen LogP contribution is -2.38. The van der Waals surface area contributed by atoms with Crippen LogP contribution in [0.1, 0.15) is 16.7 Å². The molecule has 0 unspecified atom stereocenters. The molecule has 41 heavy (non-hydrogen) atoms. The van der Waals surface area contributed by atoms with E-state index in [1.54, 1.807) is 13.3 Å². The molecule has 4 aromatic rings. The molecular weight excluding hydrogens is 516 g/mol. The van der Waals surface area contributed by atoms with Crippen LogP contribution in [0.4, 0.5) is 5.69 Å². The van der Waals surface area contributed by atoms with Gasteiger partial charge in [-0.1, -0.05) is 36.4 Å². The Bertz CT molecular complexity index is 1290. The van der Waals surface area contributed by atoms with E-state index in [9.17, 15) is 0 Å². The van der Waals surface area contributed by atoms with Gasteiger partial charge in [0.05, 0.1) is 53.1 Å². The number of aromatic nitrogens is 2. The van der Waals surface area contributed by atoms with Gasteiger partial charge in [0.1, 0.15) is 5.75 Å². The number of ether oxygens (including phenoxy) is 4. The molecule has 8 heteroatoms. The molecule has 1 saturated heterocycles. The van der Waals surface area contributed by atoms with Crippen molar-refractivity contribution in [2.24, 2.45) is 0 Å². The second kappa shape index (κ2) is 15.3. The highest BCUT2D eigenvalue weighted by Crippen LogP contribution is 2.23. The standard InChI is InChI=1S/C33H40N4O4/c1-38-33-4-2-3-30(23-33)25-37(24-28-5-9-31(10-6-28)36-14-13-34-27-36)32-11-7-29(8-12-32)26-41-22-21-40-20-17-35-15-18-39-19-16-35/h2-14,23,27H,15-22,24-26H2,1H3. The van der Waals surface area contributed by atoms with E-state index in [0.29, 0.717) is 19.8 Å². The lowest BCUT2D eigenvalue weighted by Gasteiger charge is -2.26. The molecular formula is C33H40N4O4. The van der Waals surface area contributed by atoms with Crippen molar-refractivity contribution in [3.63, 3.8) is 0 Å². The zero-order valence-corrected chi connectivity index (χ0v) is 23.9. The van der Waals surface area contributed by atoms with E-state index in [0.717, 1.165) is 75.2 Å². The van der Waals surface area contributed by atoms with Crippen molar-refractivity contribution in [3.8, 4) is 11.4 Å². The van der Waals surface area contributed by atoms with Crippen molar-refractivity contribution in [1.82, 2.24) is 14.5 Å². The summed E-state index contributed by atoms with van der Waals surface area (Å²) >= 11 is 0. The van der Waals surface area contributed by atoms with E-state index >= 15 is 0 Å². The van der Waals surface area contributed by atoms with Crippen LogP contribution in [0.15, 0.2) is 91.5 Å². The van der Waals surface area contributed by atoms with E-state index in [1.165, 1.54) is 11.1 Å². The largest absolute Gasteiger partial charge is 0.497 e. The van der Waals surface area contributed by atoms with Crippen LogP contribution in [0.25, 0.3) is 5.69 Å². The van der Waals surface area contributed by atoms with Crippen LogP contribution >= 0.6 is 0 Å². The number of hydrogen-bond acceptors (Lipinski definition) is 7. The minimum absolute atomic E-state index is 0.568. The molecule has 0 N–H and O–H groups in total. The Morgan fingerprint density at radius 2 is 1.59 bits per heavy atom. The first-order valence-corrected chi connectivity index (χ1v) is 14.3. The quantitative estimate of drug-likeness (QED) is 0.192. The fourth-order valence-corrected chi connectivity index (χ4v) is 4.87. The van der Waals surface area contributed by atoms with Crippen LogP contribution in [0, 0.1) is 0 Å². The zero-order valence-electron chi connectivity index (χ0n) is 23.9. The first kappa shape index (κ1) is 28.8. The van der Waals surface area contributed by atoms with Crippen LogP contribution in [-0.4, -0.2) is 74.2 Å². The van der Waals surface area contributed by atoms with E-state index in [4.69, 9.17) is 18.9 Å². The molecule has 0 amide bonds. The Morgan fingerprint density at radius 1 is 0.829 bits per heavy atom. The summed E-state index contributed by atoms with van der Waals surface area (Å²) in [6.45, 7) is 8.60. The van der Waals surface area contributed by atoms with Gasteiger partial charge in [-0.2, -0.15) is 0 Å². The van der Waals surface area contributed by atoms with Gasteiger partial charge in [0.15, 0.2) is 0 Å². The van der Waals surface area contributed by atoms with Crippen LogP contribution in [0.3, 0.4) is 0 Å². The van der Waals surface area contributed by atoms with E-state index < -0.39 is 0 Å². The van der Waals surface area contributed by atoms with Gasteiger partial charge < -0.3 is 28.4 Å². The maximum Gasteiger partial charge on any atom is 0.119 e.